The molecule has 5 unspecified atom stereocenters. The highest BCUT2D eigenvalue weighted by Crippen LogP contribution is 2.29. The van der Waals surface area contributed by atoms with Gasteiger partial charge in [-0.1, -0.05) is 0 Å². The molecule has 1 aliphatic carbocycles. The van der Waals surface area contributed by atoms with Gasteiger partial charge in [0.15, 0.2) is 0 Å². The van der Waals surface area contributed by atoms with Gasteiger partial charge in [-0.15, -0.1) is 0 Å². The average molecular weight is 231 g/mol. The van der Waals surface area contributed by atoms with Crippen molar-refractivity contribution in [3.63, 3.8) is 0 Å². The Morgan fingerprint density at radius 2 is 2.13 bits per heavy atom. The van der Waals surface area contributed by atoms with Crippen molar-refractivity contribution < 1.29 is 8.95 Å². The van der Waals surface area contributed by atoms with E-state index < -0.39 is 10.8 Å². The Kier molecular flexibility index (Phi) is 3.80. The first kappa shape index (κ1) is 11.6. The van der Waals surface area contributed by atoms with Crippen LogP contribution in [-0.2, 0) is 15.5 Å². The maximum atomic E-state index is 12.3. The van der Waals surface area contributed by atoms with Crippen molar-refractivity contribution in [1.82, 2.24) is 5.32 Å². The summed E-state index contributed by atoms with van der Waals surface area (Å²) in [6.45, 7) is 2.85. The van der Waals surface area contributed by atoms with Gasteiger partial charge in [0.05, 0.1) is 11.4 Å². The molecule has 0 aromatic carbocycles. The molecule has 0 bridgehead atoms. The van der Waals surface area contributed by atoms with Crippen LogP contribution in [0, 0.1) is 0 Å². The minimum Gasteiger partial charge on any atom is -0.377 e. The zero-order valence-corrected chi connectivity index (χ0v) is 10.4. The Balaban J connectivity index is 1.91. The molecule has 1 saturated heterocycles. The van der Waals surface area contributed by atoms with E-state index in [1.54, 1.807) is 0 Å². The number of hydrogen-bond acceptors (Lipinski definition) is 3. The van der Waals surface area contributed by atoms with Gasteiger partial charge >= 0.3 is 0 Å². The molecule has 2 aliphatic rings. The Labute approximate surface area is 94.4 Å². The van der Waals surface area contributed by atoms with Gasteiger partial charge in [0.25, 0.3) is 0 Å². The molecule has 0 amide bonds. The van der Waals surface area contributed by atoms with E-state index in [1.165, 1.54) is 6.42 Å². The van der Waals surface area contributed by atoms with Crippen LogP contribution < -0.4 is 5.32 Å². The van der Waals surface area contributed by atoms with E-state index in [9.17, 15) is 4.21 Å². The zero-order valence-electron chi connectivity index (χ0n) is 9.57. The fourth-order valence-electron chi connectivity index (χ4n) is 2.68. The van der Waals surface area contributed by atoms with Crippen molar-refractivity contribution in [1.29, 1.82) is 0 Å². The summed E-state index contributed by atoms with van der Waals surface area (Å²) in [6.07, 6.45) is 4.54. The van der Waals surface area contributed by atoms with E-state index in [2.05, 4.69) is 12.2 Å². The highest BCUT2D eigenvalue weighted by Gasteiger charge is 2.36. The molecule has 0 aromatic heterocycles. The van der Waals surface area contributed by atoms with Crippen LogP contribution in [0.3, 0.4) is 0 Å². The fourth-order valence-corrected chi connectivity index (χ4v) is 4.75. The summed E-state index contributed by atoms with van der Waals surface area (Å²) in [5.41, 5.74) is 0. The maximum Gasteiger partial charge on any atom is 0.0691 e. The predicted molar refractivity (Wildman–Crippen MR) is 62.4 cm³/mol. The number of nitrogens with one attached hydrogen (secondary N) is 1. The van der Waals surface area contributed by atoms with Gasteiger partial charge < -0.3 is 10.1 Å². The van der Waals surface area contributed by atoms with Gasteiger partial charge in [-0.3, -0.25) is 4.21 Å². The standard InChI is InChI=1S/C11H21NO2S/c1-8-11(5-6-14-8)15(13)10-4-3-9(7-10)12-2/h8-12H,3-7H2,1-2H3. The first-order valence-corrected chi connectivity index (χ1v) is 7.18. The molecule has 3 nitrogen and oxygen atoms in total. The summed E-state index contributed by atoms with van der Waals surface area (Å²) in [6, 6.07) is 0.580. The molecule has 0 aromatic rings. The molecule has 5 atom stereocenters. The first-order chi connectivity index (χ1) is 7.22. The van der Waals surface area contributed by atoms with Crippen LogP contribution in [0.15, 0.2) is 0 Å². The van der Waals surface area contributed by atoms with E-state index in [-0.39, 0.29) is 11.4 Å². The molecule has 2 fully saturated rings. The Bertz CT molecular complexity index is 247. The lowest BCUT2D eigenvalue weighted by molar-refractivity contribution is 0.126. The molecule has 15 heavy (non-hydrogen) atoms. The third-order valence-corrected chi connectivity index (χ3v) is 6.03. The lowest BCUT2D eigenvalue weighted by atomic mass is 10.2. The summed E-state index contributed by atoms with van der Waals surface area (Å²) in [5.74, 6) is 0. The molecular formula is C11H21NO2S. The monoisotopic (exact) mass is 231 g/mol. The number of hydrogen-bond donors (Lipinski definition) is 1. The van der Waals surface area contributed by atoms with E-state index in [0.29, 0.717) is 11.3 Å². The SMILES string of the molecule is CNC1CCC(S(=O)C2CCOC2C)C1. The molecule has 88 valence electrons. The molecule has 1 N–H and O–H groups in total. The van der Waals surface area contributed by atoms with Crippen molar-refractivity contribution >= 4 is 10.8 Å². The molecule has 0 radical (unpaired) electrons. The predicted octanol–water partition coefficient (Wildman–Crippen LogP) is 1.05. The molecular weight excluding hydrogens is 210 g/mol. The summed E-state index contributed by atoms with van der Waals surface area (Å²) in [4.78, 5) is 0. The lowest BCUT2D eigenvalue weighted by Gasteiger charge is -2.18. The van der Waals surface area contributed by atoms with Crippen molar-refractivity contribution in [2.24, 2.45) is 0 Å². The topological polar surface area (TPSA) is 38.3 Å². The minimum absolute atomic E-state index is 0.194. The van der Waals surface area contributed by atoms with Crippen LogP contribution >= 0.6 is 0 Å². The van der Waals surface area contributed by atoms with Crippen LogP contribution in [0.2, 0.25) is 0 Å². The highest BCUT2D eigenvalue weighted by molar-refractivity contribution is 7.86. The average Bonchev–Trinajstić information content (AvgIpc) is 2.84. The second-order valence-corrected chi connectivity index (χ2v) is 6.58. The van der Waals surface area contributed by atoms with Gasteiger partial charge in [-0.25, -0.2) is 0 Å². The smallest absolute Gasteiger partial charge is 0.0691 e. The Hall–Kier alpha value is 0.0700. The van der Waals surface area contributed by atoms with Crippen LogP contribution in [0.4, 0.5) is 0 Å². The molecule has 1 heterocycles. The molecule has 2 rings (SSSR count). The first-order valence-electron chi connectivity index (χ1n) is 5.90. The molecule has 4 heteroatoms. The van der Waals surface area contributed by atoms with Gasteiger partial charge in [0.1, 0.15) is 0 Å². The van der Waals surface area contributed by atoms with Crippen LogP contribution in [0.5, 0.6) is 0 Å². The lowest BCUT2D eigenvalue weighted by Crippen LogP contribution is -2.31. The van der Waals surface area contributed by atoms with Crippen molar-refractivity contribution in [3.05, 3.63) is 0 Å². The molecule has 1 aliphatic heterocycles. The quantitative estimate of drug-likeness (QED) is 0.789. The van der Waals surface area contributed by atoms with Crippen LogP contribution in [0.25, 0.3) is 0 Å². The van der Waals surface area contributed by atoms with E-state index in [0.717, 1.165) is 25.9 Å². The minimum atomic E-state index is -0.688. The van der Waals surface area contributed by atoms with Gasteiger partial charge in [0, 0.05) is 28.7 Å². The highest BCUT2D eigenvalue weighted by atomic mass is 32.2. The second kappa shape index (κ2) is 4.93. The number of rotatable bonds is 3. The van der Waals surface area contributed by atoms with Crippen LogP contribution in [0.1, 0.15) is 32.6 Å². The number of ether oxygens (including phenoxy) is 1. The maximum absolute atomic E-state index is 12.3. The van der Waals surface area contributed by atoms with Crippen LogP contribution in [-0.4, -0.2) is 40.5 Å². The third kappa shape index (κ3) is 2.43. The summed E-state index contributed by atoms with van der Waals surface area (Å²) in [5, 5.41) is 3.97. The van der Waals surface area contributed by atoms with Crippen molar-refractivity contribution in [2.75, 3.05) is 13.7 Å². The van der Waals surface area contributed by atoms with Gasteiger partial charge in [0.2, 0.25) is 0 Å². The van der Waals surface area contributed by atoms with E-state index >= 15 is 0 Å². The van der Waals surface area contributed by atoms with Crippen molar-refractivity contribution in [3.8, 4) is 0 Å². The Morgan fingerprint density at radius 3 is 2.67 bits per heavy atom. The third-order valence-electron chi connectivity index (χ3n) is 3.73. The largest absolute Gasteiger partial charge is 0.377 e. The summed E-state index contributed by atoms with van der Waals surface area (Å²) in [7, 11) is 1.31. The second-order valence-electron chi connectivity index (χ2n) is 4.65. The summed E-state index contributed by atoms with van der Waals surface area (Å²) < 4.78 is 17.8. The van der Waals surface area contributed by atoms with E-state index in [1.807, 2.05) is 7.05 Å². The van der Waals surface area contributed by atoms with Gasteiger partial charge in [-0.05, 0) is 39.7 Å². The normalized spacial score (nSPS) is 43.3. The molecule has 1 saturated carbocycles. The summed E-state index contributed by atoms with van der Waals surface area (Å²) >= 11 is 0. The Morgan fingerprint density at radius 1 is 1.33 bits per heavy atom. The van der Waals surface area contributed by atoms with Crippen molar-refractivity contribution in [2.45, 2.75) is 55.3 Å². The zero-order chi connectivity index (χ0) is 10.8. The van der Waals surface area contributed by atoms with Gasteiger partial charge in [-0.2, -0.15) is 0 Å². The molecule has 0 spiro atoms. The van der Waals surface area contributed by atoms with E-state index in [4.69, 9.17) is 4.74 Å². The fraction of sp³-hybridized carbons (Fsp3) is 1.00.